The fourth-order valence-electron chi connectivity index (χ4n) is 3.21. The molecule has 1 aromatic heterocycles. The van der Waals surface area contributed by atoms with Gasteiger partial charge in [-0.3, -0.25) is 4.90 Å². The van der Waals surface area contributed by atoms with E-state index >= 15 is 0 Å². The summed E-state index contributed by atoms with van der Waals surface area (Å²) in [7, 11) is 0. The van der Waals surface area contributed by atoms with Crippen LogP contribution >= 0.6 is 24.0 Å². The maximum Gasteiger partial charge on any atom is 0.225 e. The van der Waals surface area contributed by atoms with Crippen LogP contribution in [0.1, 0.15) is 18.1 Å². The summed E-state index contributed by atoms with van der Waals surface area (Å²) in [5.41, 5.74) is 1.52. The molecule has 7 nitrogen and oxygen atoms in total. The molecular weight excluding hydrogens is 496 g/mol. The van der Waals surface area contributed by atoms with Crippen molar-refractivity contribution in [1.82, 2.24) is 25.5 Å². The highest BCUT2D eigenvalue weighted by atomic mass is 127. The fraction of sp³-hybridized carbons (Fsp3) is 0.476. The number of benzene rings is 1. The molecule has 1 aliphatic rings. The average molecular weight is 527 g/mol. The molecule has 0 atom stereocenters. The number of rotatable bonds is 7. The topological polar surface area (TPSA) is 68.7 Å². The van der Waals surface area contributed by atoms with Gasteiger partial charge in [0.15, 0.2) is 5.96 Å². The van der Waals surface area contributed by atoms with E-state index in [-0.39, 0.29) is 29.8 Å². The summed E-state index contributed by atoms with van der Waals surface area (Å²) in [6.07, 6.45) is 3.57. The van der Waals surface area contributed by atoms with Crippen LogP contribution in [0, 0.1) is 12.7 Å². The largest absolute Gasteiger partial charge is 0.357 e. The van der Waals surface area contributed by atoms with E-state index in [4.69, 9.17) is 0 Å². The Kier molecular flexibility index (Phi) is 10.2. The normalized spacial score (nSPS) is 14.9. The van der Waals surface area contributed by atoms with E-state index < -0.39 is 0 Å². The van der Waals surface area contributed by atoms with Crippen molar-refractivity contribution in [3.05, 3.63) is 53.6 Å². The molecule has 0 amide bonds. The third-order valence-electron chi connectivity index (χ3n) is 4.93. The number of nitrogens with one attached hydrogen (secondary N) is 2. The number of halogens is 2. The van der Waals surface area contributed by atoms with Crippen molar-refractivity contribution in [3.8, 4) is 0 Å². The first-order valence-electron chi connectivity index (χ1n) is 10.2. The fourth-order valence-corrected chi connectivity index (χ4v) is 3.21. The Morgan fingerprint density at radius 2 is 1.87 bits per heavy atom. The SMILES string of the molecule is CCNC(=NCc1ccc(C)c(F)c1)NCCN1CCN(c2ncccn2)CC1.I. The lowest BCUT2D eigenvalue weighted by molar-refractivity contribution is 0.260. The zero-order valence-corrected chi connectivity index (χ0v) is 20.0. The van der Waals surface area contributed by atoms with Crippen LogP contribution < -0.4 is 15.5 Å². The van der Waals surface area contributed by atoms with Gasteiger partial charge in [-0.05, 0) is 37.1 Å². The van der Waals surface area contributed by atoms with Gasteiger partial charge in [-0.2, -0.15) is 0 Å². The molecule has 2 aromatic rings. The molecule has 0 spiro atoms. The van der Waals surface area contributed by atoms with Crippen molar-refractivity contribution in [3.63, 3.8) is 0 Å². The second-order valence-electron chi connectivity index (χ2n) is 7.08. The van der Waals surface area contributed by atoms with Gasteiger partial charge in [0.2, 0.25) is 5.95 Å². The van der Waals surface area contributed by atoms with E-state index in [9.17, 15) is 4.39 Å². The molecule has 0 radical (unpaired) electrons. The third-order valence-corrected chi connectivity index (χ3v) is 4.93. The van der Waals surface area contributed by atoms with E-state index in [1.165, 1.54) is 0 Å². The second-order valence-corrected chi connectivity index (χ2v) is 7.08. The predicted octanol–water partition coefficient (Wildman–Crippen LogP) is 2.42. The lowest BCUT2D eigenvalue weighted by Crippen LogP contribution is -2.49. The van der Waals surface area contributed by atoms with Gasteiger partial charge in [-0.25, -0.2) is 19.4 Å². The molecule has 0 saturated carbocycles. The van der Waals surface area contributed by atoms with Crippen LogP contribution in [0.4, 0.5) is 10.3 Å². The quantitative estimate of drug-likeness (QED) is 0.328. The van der Waals surface area contributed by atoms with Gasteiger partial charge in [0.1, 0.15) is 5.82 Å². The van der Waals surface area contributed by atoms with Crippen LogP contribution in [0.5, 0.6) is 0 Å². The van der Waals surface area contributed by atoms with E-state index in [0.717, 1.165) is 63.3 Å². The highest BCUT2D eigenvalue weighted by Gasteiger charge is 2.18. The zero-order valence-electron chi connectivity index (χ0n) is 17.6. The minimum absolute atomic E-state index is 0. The van der Waals surface area contributed by atoms with Crippen LogP contribution in [-0.4, -0.2) is 66.6 Å². The lowest BCUT2D eigenvalue weighted by atomic mass is 10.1. The third kappa shape index (κ3) is 7.35. The van der Waals surface area contributed by atoms with Crippen LogP contribution in [0.2, 0.25) is 0 Å². The summed E-state index contributed by atoms with van der Waals surface area (Å²) >= 11 is 0. The summed E-state index contributed by atoms with van der Waals surface area (Å²) < 4.78 is 13.7. The van der Waals surface area contributed by atoms with E-state index in [0.29, 0.717) is 12.1 Å². The van der Waals surface area contributed by atoms with Crippen LogP contribution in [0.25, 0.3) is 0 Å². The number of piperazine rings is 1. The molecule has 9 heteroatoms. The van der Waals surface area contributed by atoms with Crippen molar-refractivity contribution in [2.24, 2.45) is 4.99 Å². The van der Waals surface area contributed by atoms with Crippen molar-refractivity contribution < 1.29 is 4.39 Å². The number of aromatic nitrogens is 2. The van der Waals surface area contributed by atoms with Crippen molar-refractivity contribution >= 4 is 35.9 Å². The first-order valence-corrected chi connectivity index (χ1v) is 10.2. The second kappa shape index (κ2) is 12.6. The smallest absolute Gasteiger partial charge is 0.225 e. The molecule has 1 fully saturated rings. The first-order chi connectivity index (χ1) is 14.2. The molecule has 30 heavy (non-hydrogen) atoms. The molecule has 1 saturated heterocycles. The molecule has 1 aromatic carbocycles. The van der Waals surface area contributed by atoms with Gasteiger partial charge >= 0.3 is 0 Å². The Hall–Kier alpha value is -2.01. The van der Waals surface area contributed by atoms with Gasteiger partial charge in [0.05, 0.1) is 6.54 Å². The number of hydrogen-bond acceptors (Lipinski definition) is 5. The number of aryl methyl sites for hydroxylation is 1. The summed E-state index contributed by atoms with van der Waals surface area (Å²) in [6.45, 7) is 10.6. The molecular formula is C21H31FIN7. The summed E-state index contributed by atoms with van der Waals surface area (Å²) in [5, 5.41) is 6.62. The Morgan fingerprint density at radius 3 is 2.53 bits per heavy atom. The molecule has 3 rings (SSSR count). The number of guanidine groups is 1. The Bertz CT molecular complexity index is 795. The van der Waals surface area contributed by atoms with Crippen molar-refractivity contribution in [2.75, 3.05) is 50.7 Å². The van der Waals surface area contributed by atoms with Crippen LogP contribution in [0.15, 0.2) is 41.7 Å². The Balaban J connectivity index is 0.00000320. The number of aliphatic imine (C=N–C) groups is 1. The summed E-state index contributed by atoms with van der Waals surface area (Å²) in [5.74, 6) is 1.37. The van der Waals surface area contributed by atoms with E-state index in [2.05, 4.69) is 35.4 Å². The van der Waals surface area contributed by atoms with E-state index in [1.54, 1.807) is 31.5 Å². The Labute approximate surface area is 195 Å². The molecule has 1 aliphatic heterocycles. The van der Waals surface area contributed by atoms with Crippen LogP contribution in [-0.2, 0) is 6.54 Å². The molecule has 0 unspecified atom stereocenters. The highest BCUT2D eigenvalue weighted by molar-refractivity contribution is 14.0. The maximum absolute atomic E-state index is 13.7. The average Bonchev–Trinajstić information content (AvgIpc) is 2.75. The standard InChI is InChI=1S/C21H30FN7.HI/c1-3-23-20(27-16-18-6-5-17(2)19(22)15-18)24-9-10-28-11-13-29(14-12-28)21-25-7-4-8-26-21;/h4-8,15H,3,9-14,16H2,1-2H3,(H2,23,24,27);1H. The summed E-state index contributed by atoms with van der Waals surface area (Å²) in [4.78, 5) is 17.9. The molecule has 2 heterocycles. The van der Waals surface area contributed by atoms with Gasteiger partial charge in [-0.15, -0.1) is 24.0 Å². The number of hydrogen-bond donors (Lipinski definition) is 2. The predicted molar refractivity (Wildman–Crippen MR) is 130 cm³/mol. The number of nitrogens with zero attached hydrogens (tertiary/aromatic N) is 5. The minimum Gasteiger partial charge on any atom is -0.357 e. The van der Waals surface area contributed by atoms with Gasteiger partial charge in [-0.1, -0.05) is 12.1 Å². The molecule has 0 aliphatic carbocycles. The Morgan fingerprint density at radius 1 is 1.13 bits per heavy atom. The molecule has 164 valence electrons. The van der Waals surface area contributed by atoms with Crippen molar-refractivity contribution in [1.29, 1.82) is 0 Å². The first kappa shape index (κ1) is 24.3. The number of anilines is 1. The maximum atomic E-state index is 13.7. The summed E-state index contributed by atoms with van der Waals surface area (Å²) in [6, 6.07) is 7.10. The lowest BCUT2D eigenvalue weighted by Gasteiger charge is -2.34. The molecule has 0 bridgehead atoms. The zero-order chi connectivity index (χ0) is 20.5. The highest BCUT2D eigenvalue weighted by Crippen LogP contribution is 2.10. The van der Waals surface area contributed by atoms with E-state index in [1.807, 2.05) is 19.1 Å². The molecule has 2 N–H and O–H groups in total. The monoisotopic (exact) mass is 527 g/mol. The van der Waals surface area contributed by atoms with Crippen molar-refractivity contribution in [2.45, 2.75) is 20.4 Å². The minimum atomic E-state index is -0.185. The van der Waals surface area contributed by atoms with Gasteiger partial charge < -0.3 is 15.5 Å². The van der Waals surface area contributed by atoms with Gasteiger partial charge in [0, 0.05) is 58.2 Å². The van der Waals surface area contributed by atoms with Gasteiger partial charge in [0.25, 0.3) is 0 Å². The van der Waals surface area contributed by atoms with Crippen LogP contribution in [0.3, 0.4) is 0 Å².